The van der Waals surface area contributed by atoms with Gasteiger partial charge in [-0.2, -0.15) is 0 Å². The summed E-state index contributed by atoms with van der Waals surface area (Å²) in [7, 11) is -3.50. The van der Waals surface area contributed by atoms with E-state index in [9.17, 15) is 13.2 Å². The zero-order chi connectivity index (χ0) is 20.1. The van der Waals surface area contributed by atoms with E-state index in [1.807, 2.05) is 29.2 Å². The van der Waals surface area contributed by atoms with Gasteiger partial charge >= 0.3 is 0 Å². The summed E-state index contributed by atoms with van der Waals surface area (Å²) >= 11 is 5.97. The molecule has 0 saturated carbocycles. The van der Waals surface area contributed by atoms with Crippen LogP contribution in [-0.2, 0) is 19.6 Å². The second kappa shape index (κ2) is 9.67. The third-order valence-corrected chi connectivity index (χ3v) is 8.25. The minimum Gasteiger partial charge on any atom is -0.379 e. The van der Waals surface area contributed by atoms with E-state index >= 15 is 0 Å². The van der Waals surface area contributed by atoms with Crippen molar-refractivity contribution >= 4 is 27.4 Å². The van der Waals surface area contributed by atoms with Gasteiger partial charge in [0.2, 0.25) is 10.0 Å². The van der Waals surface area contributed by atoms with E-state index in [0.29, 0.717) is 56.8 Å². The van der Waals surface area contributed by atoms with Crippen LogP contribution in [-0.4, -0.2) is 68.2 Å². The molecule has 1 aromatic rings. The van der Waals surface area contributed by atoms with Crippen LogP contribution in [0.3, 0.4) is 0 Å². The van der Waals surface area contributed by atoms with Gasteiger partial charge in [0, 0.05) is 37.6 Å². The van der Waals surface area contributed by atoms with E-state index < -0.39 is 15.4 Å². The first kappa shape index (κ1) is 21.7. The van der Waals surface area contributed by atoms with Crippen molar-refractivity contribution in [2.24, 2.45) is 0 Å². The fourth-order valence-electron chi connectivity index (χ4n) is 4.06. The highest BCUT2D eigenvalue weighted by Gasteiger charge is 2.38. The molecule has 8 heteroatoms. The van der Waals surface area contributed by atoms with Gasteiger partial charge in [0.25, 0.3) is 0 Å². The van der Waals surface area contributed by atoms with Gasteiger partial charge in [-0.3, -0.25) is 4.90 Å². The Labute approximate surface area is 172 Å². The third kappa shape index (κ3) is 5.33. The van der Waals surface area contributed by atoms with Gasteiger partial charge in [0.05, 0.1) is 13.2 Å². The Bertz CT molecular complexity index is 755. The maximum Gasteiger partial charge on any atom is 0.230 e. The summed E-state index contributed by atoms with van der Waals surface area (Å²) in [5, 5.41) is 0.0648. The Morgan fingerprint density at radius 2 is 1.75 bits per heavy atom. The number of rotatable bonds is 7. The molecule has 1 unspecified atom stereocenters. The molecule has 0 amide bonds. The molecular weight excluding hydrogens is 400 g/mol. The van der Waals surface area contributed by atoms with Crippen LogP contribution in [0.4, 0.5) is 0 Å². The van der Waals surface area contributed by atoms with Gasteiger partial charge in [-0.25, -0.2) is 12.7 Å². The average Bonchev–Trinajstić information content (AvgIpc) is 2.69. The molecule has 1 aromatic carbocycles. The molecule has 2 fully saturated rings. The number of benzene rings is 1. The molecule has 156 valence electrons. The number of halogens is 1. The van der Waals surface area contributed by atoms with Crippen molar-refractivity contribution in [1.29, 1.82) is 0 Å². The van der Waals surface area contributed by atoms with Crippen molar-refractivity contribution in [2.75, 3.05) is 39.4 Å². The first-order valence-electron chi connectivity index (χ1n) is 9.93. The van der Waals surface area contributed by atoms with E-state index in [-0.39, 0.29) is 12.2 Å². The van der Waals surface area contributed by atoms with Crippen molar-refractivity contribution in [1.82, 2.24) is 9.21 Å². The Hall–Kier alpha value is -0.990. The number of Topliss-reactive ketones (excluding diaryl/α,β-unsaturated/α-hetero) is 1. The number of sulfonamides is 1. The van der Waals surface area contributed by atoms with Crippen molar-refractivity contribution in [3.05, 3.63) is 34.9 Å². The van der Waals surface area contributed by atoms with Gasteiger partial charge in [0.15, 0.2) is 0 Å². The number of piperidine rings is 1. The monoisotopic (exact) mass is 428 g/mol. The van der Waals surface area contributed by atoms with Gasteiger partial charge in [-0.1, -0.05) is 23.7 Å². The molecule has 0 aromatic heterocycles. The third-order valence-electron chi connectivity index (χ3n) is 5.70. The van der Waals surface area contributed by atoms with E-state index in [1.54, 1.807) is 4.31 Å². The molecule has 3 rings (SSSR count). The number of hydrogen-bond donors (Lipinski definition) is 0. The van der Waals surface area contributed by atoms with E-state index in [1.165, 1.54) is 12.5 Å². The lowest BCUT2D eigenvalue weighted by Gasteiger charge is -2.39. The molecule has 0 aliphatic carbocycles. The number of ketones is 1. The average molecular weight is 429 g/mol. The predicted octanol–water partition coefficient (Wildman–Crippen LogP) is 2.88. The highest BCUT2D eigenvalue weighted by Crippen LogP contribution is 2.31. The lowest BCUT2D eigenvalue weighted by Crippen LogP contribution is -2.53. The molecule has 6 nitrogen and oxygen atoms in total. The molecule has 0 spiro atoms. The standard InChI is InChI=1S/C20H29ClN2O4S/c1-16(24)2-7-20(22-12-14-27-15-13-22)28(25,26)23-10-8-18(9-11-23)17-3-5-19(21)6-4-17/h3-6,18,20H,2,7-15H2,1H3. The lowest BCUT2D eigenvalue weighted by molar-refractivity contribution is -0.117. The Morgan fingerprint density at radius 3 is 2.32 bits per heavy atom. The van der Waals surface area contributed by atoms with Crippen LogP contribution in [0.25, 0.3) is 0 Å². The summed E-state index contributed by atoms with van der Waals surface area (Å²) < 4.78 is 33.8. The van der Waals surface area contributed by atoms with Gasteiger partial charge in [-0.05, 0) is 49.8 Å². The first-order chi connectivity index (χ1) is 13.4. The minimum atomic E-state index is -3.50. The Morgan fingerprint density at radius 1 is 1.14 bits per heavy atom. The number of morpholine rings is 1. The SMILES string of the molecule is CC(=O)CCC(N1CCOCC1)S(=O)(=O)N1CCC(c2ccc(Cl)cc2)CC1. The summed E-state index contributed by atoms with van der Waals surface area (Å²) in [6.45, 7) is 4.77. The van der Waals surface area contributed by atoms with Crippen LogP contribution in [0.5, 0.6) is 0 Å². The van der Waals surface area contributed by atoms with Crippen LogP contribution in [0, 0.1) is 0 Å². The summed E-state index contributed by atoms with van der Waals surface area (Å²) in [6.07, 6.45) is 2.21. The van der Waals surface area contributed by atoms with Crippen LogP contribution in [0.15, 0.2) is 24.3 Å². The van der Waals surface area contributed by atoms with Gasteiger partial charge in [0.1, 0.15) is 11.2 Å². The summed E-state index contributed by atoms with van der Waals surface area (Å²) in [6, 6.07) is 7.83. The first-order valence-corrected chi connectivity index (χ1v) is 11.8. The highest BCUT2D eigenvalue weighted by molar-refractivity contribution is 7.89. The predicted molar refractivity (Wildman–Crippen MR) is 110 cm³/mol. The summed E-state index contributed by atoms with van der Waals surface area (Å²) in [5.74, 6) is 0.373. The number of carbonyl (C=O) groups is 1. The topological polar surface area (TPSA) is 66.9 Å². The fourth-order valence-corrected chi connectivity index (χ4v) is 6.26. The van der Waals surface area contributed by atoms with E-state index in [0.717, 1.165) is 12.8 Å². The molecule has 1 atom stereocenters. The molecule has 0 radical (unpaired) electrons. The fraction of sp³-hybridized carbons (Fsp3) is 0.650. The number of hydrogen-bond acceptors (Lipinski definition) is 5. The molecule has 0 bridgehead atoms. The van der Waals surface area contributed by atoms with Crippen molar-refractivity contribution in [3.8, 4) is 0 Å². The minimum absolute atomic E-state index is 0.0231. The zero-order valence-electron chi connectivity index (χ0n) is 16.3. The normalized spacial score (nSPS) is 21.5. The molecule has 2 aliphatic heterocycles. The molecule has 0 N–H and O–H groups in total. The quantitative estimate of drug-likeness (QED) is 0.668. The van der Waals surface area contributed by atoms with E-state index in [4.69, 9.17) is 16.3 Å². The zero-order valence-corrected chi connectivity index (χ0v) is 17.9. The smallest absolute Gasteiger partial charge is 0.230 e. The van der Waals surface area contributed by atoms with Crippen LogP contribution in [0.1, 0.15) is 44.1 Å². The van der Waals surface area contributed by atoms with Crippen molar-refractivity contribution in [2.45, 2.75) is 43.9 Å². The van der Waals surface area contributed by atoms with E-state index in [2.05, 4.69) is 0 Å². The second-order valence-electron chi connectivity index (χ2n) is 7.61. The van der Waals surface area contributed by atoms with Crippen LogP contribution >= 0.6 is 11.6 Å². The summed E-state index contributed by atoms with van der Waals surface area (Å²) in [4.78, 5) is 13.5. The maximum absolute atomic E-state index is 13.4. The van der Waals surface area contributed by atoms with Crippen LogP contribution < -0.4 is 0 Å². The Kier molecular flexibility index (Phi) is 7.50. The molecule has 28 heavy (non-hydrogen) atoms. The van der Waals surface area contributed by atoms with Crippen LogP contribution in [0.2, 0.25) is 5.02 Å². The molecule has 2 saturated heterocycles. The summed E-state index contributed by atoms with van der Waals surface area (Å²) in [5.41, 5.74) is 1.21. The second-order valence-corrected chi connectivity index (χ2v) is 10.1. The Balaban J connectivity index is 1.68. The van der Waals surface area contributed by atoms with Gasteiger partial charge < -0.3 is 9.53 Å². The number of ether oxygens (including phenoxy) is 1. The maximum atomic E-state index is 13.4. The number of nitrogens with zero attached hydrogens (tertiary/aromatic N) is 2. The molecule has 2 aliphatic rings. The molecular formula is C20H29ClN2O4S. The highest BCUT2D eigenvalue weighted by atomic mass is 35.5. The van der Waals surface area contributed by atoms with Crippen molar-refractivity contribution < 1.29 is 17.9 Å². The number of carbonyl (C=O) groups excluding carboxylic acids is 1. The lowest BCUT2D eigenvalue weighted by atomic mass is 9.90. The van der Waals surface area contributed by atoms with Crippen molar-refractivity contribution in [3.63, 3.8) is 0 Å². The largest absolute Gasteiger partial charge is 0.379 e. The molecule has 2 heterocycles. The van der Waals surface area contributed by atoms with Gasteiger partial charge in [-0.15, -0.1) is 0 Å².